The number of aromatic nitrogens is 4. The van der Waals surface area contributed by atoms with E-state index in [1.54, 1.807) is 32.0 Å². The number of amides is 1. The fourth-order valence-corrected chi connectivity index (χ4v) is 4.74. The Bertz CT molecular complexity index is 1590. The van der Waals surface area contributed by atoms with E-state index in [2.05, 4.69) is 40.8 Å². The number of benzene rings is 2. The SMILES string of the molecule is Cc1nc(Nc2ccc(CN3CCN(C)CC3)c(C(F)(F)F)c2)cc(Nc2ncc(C(=O)Nc3c(C)cccc3F)[nH]2)n1. The number of nitrogens with one attached hydrogen (secondary N) is 4. The van der Waals surface area contributed by atoms with Crippen molar-refractivity contribution in [3.05, 3.63) is 82.7 Å². The number of para-hydroxylation sites is 1. The summed E-state index contributed by atoms with van der Waals surface area (Å²) in [5.74, 6) is -0.0958. The van der Waals surface area contributed by atoms with Gasteiger partial charge < -0.3 is 25.8 Å². The van der Waals surface area contributed by atoms with E-state index in [0.29, 0.717) is 24.5 Å². The van der Waals surface area contributed by atoms with Gasteiger partial charge in [0.05, 0.1) is 17.4 Å². The molecule has 4 N–H and O–H groups in total. The van der Waals surface area contributed by atoms with E-state index < -0.39 is 23.5 Å². The van der Waals surface area contributed by atoms with Crippen LogP contribution in [0.25, 0.3) is 0 Å². The highest BCUT2D eigenvalue weighted by atomic mass is 19.4. The zero-order valence-electron chi connectivity index (χ0n) is 23.8. The molecule has 0 radical (unpaired) electrons. The topological polar surface area (TPSA) is 114 Å². The number of halogens is 4. The molecule has 43 heavy (non-hydrogen) atoms. The van der Waals surface area contributed by atoms with Gasteiger partial charge in [-0.05, 0) is 50.2 Å². The molecule has 0 saturated carbocycles. The number of H-pyrrole nitrogens is 1. The Morgan fingerprint density at radius 1 is 1.00 bits per heavy atom. The Kier molecular flexibility index (Phi) is 8.59. The Hall–Kier alpha value is -4.56. The van der Waals surface area contributed by atoms with Crippen molar-refractivity contribution in [2.75, 3.05) is 49.2 Å². The first-order valence-corrected chi connectivity index (χ1v) is 13.6. The average molecular weight is 598 g/mol. The second kappa shape index (κ2) is 12.4. The number of aryl methyl sites for hydroxylation is 2. The molecular formula is C29H31F4N9O. The first-order chi connectivity index (χ1) is 20.4. The monoisotopic (exact) mass is 597 g/mol. The Morgan fingerprint density at radius 3 is 2.42 bits per heavy atom. The van der Waals surface area contributed by atoms with Crippen molar-refractivity contribution in [2.24, 2.45) is 0 Å². The highest BCUT2D eigenvalue weighted by Crippen LogP contribution is 2.35. The van der Waals surface area contributed by atoms with Gasteiger partial charge in [0.25, 0.3) is 5.91 Å². The van der Waals surface area contributed by atoms with Crippen LogP contribution in [-0.2, 0) is 12.7 Å². The molecular weight excluding hydrogens is 566 g/mol. The molecule has 4 aromatic rings. The maximum atomic E-state index is 14.1. The van der Waals surface area contributed by atoms with E-state index in [1.165, 1.54) is 24.4 Å². The highest BCUT2D eigenvalue weighted by Gasteiger charge is 2.34. The summed E-state index contributed by atoms with van der Waals surface area (Å²) in [5, 5.41) is 8.39. The Labute approximate surface area is 245 Å². The maximum Gasteiger partial charge on any atom is 0.416 e. The Balaban J connectivity index is 1.29. The van der Waals surface area contributed by atoms with Crippen LogP contribution in [0.15, 0.2) is 48.7 Å². The molecule has 1 aliphatic rings. The van der Waals surface area contributed by atoms with Crippen LogP contribution in [0.5, 0.6) is 0 Å². The van der Waals surface area contributed by atoms with E-state index in [4.69, 9.17) is 0 Å². The van der Waals surface area contributed by atoms with Gasteiger partial charge in [0, 0.05) is 44.5 Å². The van der Waals surface area contributed by atoms with E-state index in [-0.39, 0.29) is 46.8 Å². The van der Waals surface area contributed by atoms with Gasteiger partial charge in [0.1, 0.15) is 29.0 Å². The number of alkyl halides is 3. The number of carbonyl (C=O) groups is 1. The Morgan fingerprint density at radius 2 is 1.72 bits per heavy atom. The van der Waals surface area contributed by atoms with Crippen LogP contribution in [0, 0.1) is 19.7 Å². The quantitative estimate of drug-likeness (QED) is 0.198. The van der Waals surface area contributed by atoms with E-state index in [0.717, 1.165) is 19.2 Å². The van der Waals surface area contributed by atoms with E-state index in [9.17, 15) is 22.4 Å². The molecule has 1 fully saturated rings. The van der Waals surface area contributed by atoms with Gasteiger partial charge in [-0.1, -0.05) is 18.2 Å². The third-order valence-electron chi connectivity index (χ3n) is 7.04. The van der Waals surface area contributed by atoms with Crippen LogP contribution in [0.3, 0.4) is 0 Å². The summed E-state index contributed by atoms with van der Waals surface area (Å²) in [6, 6.07) is 10.2. The number of nitrogens with zero attached hydrogens (tertiary/aromatic N) is 5. The molecule has 0 aliphatic carbocycles. The number of likely N-dealkylation sites (N-methyl/N-ethyl adjacent to an activating group) is 1. The minimum Gasteiger partial charge on any atom is -0.340 e. The average Bonchev–Trinajstić information content (AvgIpc) is 3.40. The zero-order chi connectivity index (χ0) is 30.7. The molecule has 226 valence electrons. The van der Waals surface area contributed by atoms with Crippen LogP contribution < -0.4 is 16.0 Å². The van der Waals surface area contributed by atoms with Crippen LogP contribution in [0.4, 0.5) is 46.5 Å². The lowest BCUT2D eigenvalue weighted by atomic mass is 10.0. The van der Waals surface area contributed by atoms with Gasteiger partial charge in [-0.3, -0.25) is 9.69 Å². The fourth-order valence-electron chi connectivity index (χ4n) is 4.74. The lowest BCUT2D eigenvalue weighted by Gasteiger charge is -2.33. The van der Waals surface area contributed by atoms with Gasteiger partial charge in [-0.25, -0.2) is 19.3 Å². The lowest BCUT2D eigenvalue weighted by molar-refractivity contribution is -0.138. The largest absolute Gasteiger partial charge is 0.416 e. The predicted molar refractivity (Wildman–Crippen MR) is 155 cm³/mol. The molecule has 0 atom stereocenters. The van der Waals surface area contributed by atoms with E-state index >= 15 is 0 Å². The van der Waals surface area contributed by atoms with Gasteiger partial charge in [-0.2, -0.15) is 13.2 Å². The molecule has 1 saturated heterocycles. The summed E-state index contributed by atoms with van der Waals surface area (Å²) < 4.78 is 56.2. The van der Waals surface area contributed by atoms with Crippen molar-refractivity contribution in [1.82, 2.24) is 29.7 Å². The predicted octanol–water partition coefficient (Wildman–Crippen LogP) is 5.46. The second-order valence-corrected chi connectivity index (χ2v) is 10.4. The van der Waals surface area contributed by atoms with Gasteiger partial charge in [0.15, 0.2) is 0 Å². The molecule has 5 rings (SSSR count). The van der Waals surface area contributed by atoms with Gasteiger partial charge >= 0.3 is 6.18 Å². The molecule has 3 heterocycles. The molecule has 1 aliphatic heterocycles. The van der Waals surface area contributed by atoms with Crippen LogP contribution in [0.2, 0.25) is 0 Å². The summed E-state index contributed by atoms with van der Waals surface area (Å²) in [6.07, 6.45) is -3.24. The maximum absolute atomic E-state index is 14.1. The lowest BCUT2D eigenvalue weighted by Crippen LogP contribution is -2.44. The minimum absolute atomic E-state index is 0.0693. The molecule has 1 amide bonds. The summed E-state index contributed by atoms with van der Waals surface area (Å²) in [5.41, 5.74) is 0.443. The molecule has 0 bridgehead atoms. The van der Waals surface area contributed by atoms with E-state index in [1.807, 2.05) is 11.9 Å². The standard InChI is InChI=1S/C29H31F4N9O/c1-17-5-4-6-22(30)26(17)40-27(43)23-15-34-28(38-23)39-25-14-24(35-18(2)36-25)37-20-8-7-19(21(13-20)29(31,32)33)16-42-11-9-41(3)10-12-42/h4-8,13-15H,9-12,16H2,1-3H3,(H,40,43)(H3,34,35,36,37,38,39). The number of rotatable bonds is 8. The van der Waals surface area contributed by atoms with Crippen molar-refractivity contribution in [3.63, 3.8) is 0 Å². The molecule has 2 aromatic carbocycles. The summed E-state index contributed by atoms with van der Waals surface area (Å²) >= 11 is 0. The summed E-state index contributed by atoms with van der Waals surface area (Å²) in [7, 11) is 2.00. The number of aromatic amines is 1. The van der Waals surface area contributed by atoms with Gasteiger partial charge in [0.2, 0.25) is 5.95 Å². The smallest absolute Gasteiger partial charge is 0.340 e. The third kappa shape index (κ3) is 7.45. The molecule has 2 aromatic heterocycles. The third-order valence-corrected chi connectivity index (χ3v) is 7.04. The second-order valence-electron chi connectivity index (χ2n) is 10.4. The molecule has 0 unspecified atom stereocenters. The highest BCUT2D eigenvalue weighted by molar-refractivity contribution is 6.03. The van der Waals surface area contributed by atoms with Crippen molar-refractivity contribution >= 4 is 34.9 Å². The number of imidazole rings is 1. The van der Waals surface area contributed by atoms with Crippen LogP contribution in [0.1, 0.15) is 33.0 Å². The number of anilines is 5. The van der Waals surface area contributed by atoms with Crippen molar-refractivity contribution in [1.29, 1.82) is 0 Å². The van der Waals surface area contributed by atoms with Crippen LogP contribution in [-0.4, -0.2) is 68.9 Å². The number of hydrogen-bond acceptors (Lipinski definition) is 8. The normalized spacial score (nSPS) is 14.5. The number of carbonyl (C=O) groups excluding carboxylic acids is 1. The summed E-state index contributed by atoms with van der Waals surface area (Å²) in [4.78, 5) is 32.3. The van der Waals surface area contributed by atoms with Crippen molar-refractivity contribution < 1.29 is 22.4 Å². The number of piperazine rings is 1. The molecule has 14 heteroatoms. The molecule has 0 spiro atoms. The minimum atomic E-state index is -4.53. The number of hydrogen-bond donors (Lipinski definition) is 4. The van der Waals surface area contributed by atoms with Crippen molar-refractivity contribution in [2.45, 2.75) is 26.6 Å². The zero-order valence-corrected chi connectivity index (χ0v) is 23.8. The van der Waals surface area contributed by atoms with Crippen molar-refractivity contribution in [3.8, 4) is 0 Å². The first kappa shape index (κ1) is 29.9. The van der Waals surface area contributed by atoms with Crippen LogP contribution >= 0.6 is 0 Å². The summed E-state index contributed by atoms with van der Waals surface area (Å²) in [6.45, 7) is 6.55. The first-order valence-electron chi connectivity index (χ1n) is 13.6. The molecule has 10 nitrogen and oxygen atoms in total. The fraction of sp³-hybridized carbons (Fsp3) is 0.310. The van der Waals surface area contributed by atoms with Gasteiger partial charge in [-0.15, -0.1) is 0 Å².